The zero-order valence-electron chi connectivity index (χ0n) is 7.32. The molecule has 0 spiro atoms. The predicted molar refractivity (Wildman–Crippen MR) is 42.1 cm³/mol. The highest BCUT2D eigenvalue weighted by Gasteiger charge is 1.87. The molecule has 0 aliphatic carbocycles. The van der Waals surface area contributed by atoms with E-state index in [9.17, 15) is 0 Å². The predicted octanol–water partition coefficient (Wildman–Crippen LogP) is -0.279. The number of hydrogen-bond acceptors (Lipinski definition) is 4. The molecule has 0 radical (unpaired) electrons. The van der Waals surface area contributed by atoms with E-state index in [-0.39, 0.29) is 6.10 Å². The van der Waals surface area contributed by atoms with Crippen LogP contribution >= 0.6 is 0 Å². The van der Waals surface area contributed by atoms with Gasteiger partial charge in [-0.3, -0.25) is 0 Å². The minimum atomic E-state index is -1.12. The number of rotatable bonds is 3. The molecule has 4 nitrogen and oxygen atoms in total. The van der Waals surface area contributed by atoms with Gasteiger partial charge in [0.05, 0.1) is 12.7 Å². The summed E-state index contributed by atoms with van der Waals surface area (Å²) in [5.41, 5.74) is 0. The third-order valence-corrected chi connectivity index (χ3v) is 0.773. The average molecular weight is 166 g/mol. The molecular weight excluding hydrogens is 148 g/mol. The number of methoxy groups -OCH3 is 1. The molecule has 0 saturated carbocycles. The summed E-state index contributed by atoms with van der Waals surface area (Å²) < 4.78 is 4.55. The molecule has 4 heteroatoms. The first-order chi connectivity index (χ1) is 5.04. The van der Waals surface area contributed by atoms with Crippen LogP contribution in [0.3, 0.4) is 0 Å². The van der Waals surface area contributed by atoms with E-state index in [0.717, 1.165) is 0 Å². The number of ether oxygens (including phenoxy) is 1. The van der Waals surface area contributed by atoms with Crippen LogP contribution in [0.25, 0.3) is 0 Å². The molecule has 0 heterocycles. The Morgan fingerprint density at radius 1 is 1.27 bits per heavy atom. The smallest absolute Gasteiger partial charge is 0.151 e. The Morgan fingerprint density at radius 2 is 1.64 bits per heavy atom. The van der Waals surface area contributed by atoms with Crippen molar-refractivity contribution in [2.75, 3.05) is 13.7 Å². The van der Waals surface area contributed by atoms with Gasteiger partial charge in [0.15, 0.2) is 6.29 Å². The highest BCUT2D eigenvalue weighted by molar-refractivity contribution is 4.36. The quantitative estimate of drug-likeness (QED) is 0.504. The van der Waals surface area contributed by atoms with E-state index in [1.165, 1.54) is 0 Å². The second-order valence-electron chi connectivity index (χ2n) is 2.19. The van der Waals surface area contributed by atoms with Crippen LogP contribution < -0.4 is 0 Å². The summed E-state index contributed by atoms with van der Waals surface area (Å²) in [7, 11) is 1.56. The maximum absolute atomic E-state index is 8.43. The van der Waals surface area contributed by atoms with E-state index in [0.29, 0.717) is 13.0 Å². The maximum atomic E-state index is 8.43. The van der Waals surface area contributed by atoms with Gasteiger partial charge in [-0.05, 0) is 13.3 Å². The lowest BCUT2D eigenvalue weighted by atomic mass is 10.5. The fourth-order valence-corrected chi connectivity index (χ4v) is 0.241. The van der Waals surface area contributed by atoms with Crippen molar-refractivity contribution in [2.45, 2.75) is 32.7 Å². The minimum absolute atomic E-state index is 0.324. The molecule has 0 aliphatic heterocycles. The molecule has 11 heavy (non-hydrogen) atoms. The Morgan fingerprint density at radius 3 is 1.64 bits per heavy atom. The Labute approximate surface area is 67.4 Å². The molecule has 0 bridgehead atoms. The van der Waals surface area contributed by atoms with Crippen LogP contribution in [0.1, 0.15) is 20.3 Å². The van der Waals surface area contributed by atoms with Crippen molar-refractivity contribution in [1.82, 2.24) is 0 Å². The molecule has 0 amide bonds. The highest BCUT2D eigenvalue weighted by Crippen LogP contribution is 1.77. The molecule has 1 atom stereocenters. The van der Waals surface area contributed by atoms with E-state index in [1.54, 1.807) is 21.0 Å². The van der Waals surface area contributed by atoms with E-state index >= 15 is 0 Å². The van der Waals surface area contributed by atoms with Crippen LogP contribution in [-0.2, 0) is 4.74 Å². The fraction of sp³-hybridized carbons (Fsp3) is 1.00. The summed E-state index contributed by atoms with van der Waals surface area (Å²) >= 11 is 0. The molecule has 1 unspecified atom stereocenters. The second kappa shape index (κ2) is 9.84. The van der Waals surface area contributed by atoms with Crippen LogP contribution in [0.2, 0.25) is 0 Å². The monoisotopic (exact) mass is 166 g/mol. The SMILES string of the molecule is CCC(O)O.COCC(C)O. The van der Waals surface area contributed by atoms with E-state index in [1.807, 2.05) is 0 Å². The van der Waals surface area contributed by atoms with Gasteiger partial charge in [-0.15, -0.1) is 0 Å². The van der Waals surface area contributed by atoms with Crippen LogP contribution in [-0.4, -0.2) is 41.4 Å². The zero-order valence-corrected chi connectivity index (χ0v) is 7.32. The van der Waals surface area contributed by atoms with Crippen LogP contribution in [0.4, 0.5) is 0 Å². The van der Waals surface area contributed by atoms with Gasteiger partial charge in [0, 0.05) is 7.11 Å². The van der Waals surface area contributed by atoms with Gasteiger partial charge in [0.25, 0.3) is 0 Å². The van der Waals surface area contributed by atoms with Gasteiger partial charge in [-0.1, -0.05) is 6.92 Å². The normalized spacial score (nSPS) is 12.3. The Balaban J connectivity index is 0. The van der Waals surface area contributed by atoms with Crippen molar-refractivity contribution in [1.29, 1.82) is 0 Å². The standard InChI is InChI=1S/C4H10O2.C3H8O2/c1-4(5)3-6-2;1-2-3(4)5/h4-5H,3H2,1-2H3;3-5H,2H2,1H3. The summed E-state index contributed by atoms with van der Waals surface area (Å²) in [6, 6.07) is 0. The summed E-state index contributed by atoms with van der Waals surface area (Å²) in [4.78, 5) is 0. The van der Waals surface area contributed by atoms with E-state index < -0.39 is 6.29 Å². The zero-order chi connectivity index (χ0) is 9.28. The molecule has 3 N–H and O–H groups in total. The van der Waals surface area contributed by atoms with E-state index in [4.69, 9.17) is 15.3 Å². The summed E-state index contributed by atoms with van der Waals surface area (Å²) in [6.07, 6.45) is -1.02. The molecule has 0 fully saturated rings. The van der Waals surface area contributed by atoms with Gasteiger partial charge in [0.2, 0.25) is 0 Å². The average Bonchev–Trinajstić information content (AvgIpc) is 1.89. The van der Waals surface area contributed by atoms with Gasteiger partial charge >= 0.3 is 0 Å². The molecular formula is C7H18O4. The third kappa shape index (κ3) is 25.8. The summed E-state index contributed by atoms with van der Waals surface area (Å²) in [5.74, 6) is 0. The van der Waals surface area contributed by atoms with Gasteiger partial charge in [-0.2, -0.15) is 0 Å². The molecule has 0 aromatic heterocycles. The van der Waals surface area contributed by atoms with E-state index in [2.05, 4.69) is 4.74 Å². The molecule has 70 valence electrons. The topological polar surface area (TPSA) is 69.9 Å². The van der Waals surface area contributed by atoms with Crippen molar-refractivity contribution in [3.05, 3.63) is 0 Å². The van der Waals surface area contributed by atoms with Gasteiger partial charge in [-0.25, -0.2) is 0 Å². The minimum Gasteiger partial charge on any atom is -0.391 e. The lowest BCUT2D eigenvalue weighted by molar-refractivity contribution is -0.0413. The van der Waals surface area contributed by atoms with Crippen molar-refractivity contribution >= 4 is 0 Å². The molecule has 0 rings (SSSR count). The van der Waals surface area contributed by atoms with Crippen molar-refractivity contribution in [3.8, 4) is 0 Å². The lowest BCUT2D eigenvalue weighted by Gasteiger charge is -1.97. The van der Waals surface area contributed by atoms with Crippen LogP contribution in [0, 0.1) is 0 Å². The van der Waals surface area contributed by atoms with Crippen LogP contribution in [0.15, 0.2) is 0 Å². The van der Waals surface area contributed by atoms with Gasteiger partial charge < -0.3 is 20.1 Å². The Kier molecular flexibility index (Phi) is 12.0. The molecule has 0 aliphatic rings. The summed E-state index contributed by atoms with van der Waals surface area (Å²) in [5, 5.41) is 24.3. The lowest BCUT2D eigenvalue weighted by Crippen LogP contribution is -2.07. The Hall–Kier alpha value is -0.160. The van der Waals surface area contributed by atoms with Crippen molar-refractivity contribution in [2.24, 2.45) is 0 Å². The first kappa shape index (κ1) is 13.4. The first-order valence-corrected chi connectivity index (χ1v) is 3.57. The van der Waals surface area contributed by atoms with Crippen LogP contribution in [0.5, 0.6) is 0 Å². The molecule has 0 aromatic rings. The number of hydrogen-bond donors (Lipinski definition) is 3. The fourth-order valence-electron chi connectivity index (χ4n) is 0.241. The number of aliphatic hydroxyl groups excluding tert-OH is 2. The van der Waals surface area contributed by atoms with Crippen molar-refractivity contribution in [3.63, 3.8) is 0 Å². The Bertz CT molecular complexity index is 63.5. The highest BCUT2D eigenvalue weighted by atomic mass is 16.5. The first-order valence-electron chi connectivity index (χ1n) is 3.57. The molecule has 0 aromatic carbocycles. The maximum Gasteiger partial charge on any atom is 0.151 e. The summed E-state index contributed by atoms with van der Waals surface area (Å²) in [6.45, 7) is 3.81. The largest absolute Gasteiger partial charge is 0.391 e. The third-order valence-electron chi connectivity index (χ3n) is 0.773. The van der Waals surface area contributed by atoms with Gasteiger partial charge in [0.1, 0.15) is 0 Å². The molecule has 0 saturated heterocycles. The van der Waals surface area contributed by atoms with Crippen molar-refractivity contribution < 1.29 is 20.1 Å². The number of aliphatic hydroxyl groups is 3. The second-order valence-corrected chi connectivity index (χ2v) is 2.19.